The summed E-state index contributed by atoms with van der Waals surface area (Å²) in [4.78, 5) is 20.5. The molecule has 3 aromatic rings. The van der Waals surface area contributed by atoms with Crippen LogP contribution in [0.1, 0.15) is 64.6 Å². The Kier molecular flexibility index (Phi) is 8.83. The first-order chi connectivity index (χ1) is 19.7. The largest absolute Gasteiger partial charge is 0.373 e. The third-order valence-corrected chi connectivity index (χ3v) is 9.02. The summed E-state index contributed by atoms with van der Waals surface area (Å²) in [7, 11) is 1.77. The van der Waals surface area contributed by atoms with Crippen LogP contribution in [0.4, 0.5) is 5.69 Å². The van der Waals surface area contributed by atoms with E-state index in [1.165, 1.54) is 11.1 Å². The van der Waals surface area contributed by atoms with Crippen molar-refractivity contribution in [2.75, 3.05) is 31.1 Å². The molecule has 0 N–H and O–H groups in total. The number of aromatic nitrogens is 3. The van der Waals surface area contributed by atoms with Crippen molar-refractivity contribution < 1.29 is 4.74 Å². The van der Waals surface area contributed by atoms with Gasteiger partial charge in [0.25, 0.3) is 5.56 Å². The van der Waals surface area contributed by atoms with Crippen molar-refractivity contribution in [3.8, 4) is 6.07 Å². The number of piperazine rings is 1. The maximum absolute atomic E-state index is 13.0. The molecule has 2 aromatic heterocycles. The number of nitrogens with zero attached hydrogens (tertiary/aromatic N) is 7. The lowest BCUT2D eigenvalue weighted by Crippen LogP contribution is -2.58. The molecule has 9 nitrogen and oxygen atoms in total. The fourth-order valence-corrected chi connectivity index (χ4v) is 6.83. The topological polar surface area (TPSA) is 82.6 Å². The Morgan fingerprint density at radius 3 is 2.37 bits per heavy atom. The van der Waals surface area contributed by atoms with Gasteiger partial charge in [0.2, 0.25) is 0 Å². The van der Waals surface area contributed by atoms with Gasteiger partial charge in [-0.25, -0.2) is 0 Å². The molecule has 2 fully saturated rings. The second-order valence-corrected chi connectivity index (χ2v) is 12.0. The van der Waals surface area contributed by atoms with E-state index >= 15 is 0 Å². The highest BCUT2D eigenvalue weighted by Crippen LogP contribution is 2.34. The predicted molar refractivity (Wildman–Crippen MR) is 163 cm³/mol. The molecule has 0 saturated carbocycles. The van der Waals surface area contributed by atoms with Gasteiger partial charge >= 0.3 is 0 Å². The first-order valence-electron chi connectivity index (χ1n) is 15.1. The standard InChI is InChI=1S/C32H45N7O2/c1-7-27-20-39(29-15-31(40)35(6)30-21-37(14-13-33)34-32(29)30)28(8-2)19-38(27)24(5)26-11-9-25(10-12-26)18-36-16-22(3)41-23(4)17-36/h9-12,15,21-24,27-28H,7-8,14,16-20H2,1-6H3/t22-,23+,24?,27-,28+/m1/s1. The van der Waals surface area contributed by atoms with E-state index in [0.717, 1.165) is 62.3 Å². The molecule has 41 heavy (non-hydrogen) atoms. The van der Waals surface area contributed by atoms with E-state index in [4.69, 9.17) is 9.84 Å². The van der Waals surface area contributed by atoms with E-state index in [1.807, 2.05) is 6.20 Å². The van der Waals surface area contributed by atoms with E-state index in [2.05, 4.69) is 79.7 Å². The number of morpholine rings is 1. The quantitative estimate of drug-likeness (QED) is 0.407. The van der Waals surface area contributed by atoms with E-state index in [0.29, 0.717) is 6.04 Å². The van der Waals surface area contributed by atoms with Crippen LogP contribution in [-0.2, 0) is 24.9 Å². The average Bonchev–Trinajstić information content (AvgIpc) is 3.38. The highest BCUT2D eigenvalue weighted by atomic mass is 16.5. The summed E-state index contributed by atoms with van der Waals surface area (Å²) in [6, 6.07) is 14.0. The number of rotatable bonds is 8. The highest BCUT2D eigenvalue weighted by Gasteiger charge is 2.36. The molecular weight excluding hydrogens is 514 g/mol. The smallest absolute Gasteiger partial charge is 0.252 e. The average molecular weight is 560 g/mol. The van der Waals surface area contributed by atoms with Gasteiger partial charge in [-0.3, -0.25) is 19.3 Å². The van der Waals surface area contributed by atoms with Crippen molar-refractivity contribution in [2.24, 2.45) is 7.05 Å². The molecule has 0 radical (unpaired) electrons. The zero-order chi connectivity index (χ0) is 29.3. The number of hydrogen-bond acceptors (Lipinski definition) is 7. The first kappa shape index (κ1) is 29.3. The molecule has 5 atom stereocenters. The van der Waals surface area contributed by atoms with Crippen LogP contribution in [0.15, 0.2) is 41.3 Å². The van der Waals surface area contributed by atoms with Crippen LogP contribution >= 0.6 is 0 Å². The van der Waals surface area contributed by atoms with Gasteiger partial charge in [0.05, 0.1) is 35.7 Å². The molecular formula is C32H45N7O2. The third-order valence-electron chi connectivity index (χ3n) is 9.02. The Hall–Kier alpha value is -3.19. The zero-order valence-electron chi connectivity index (χ0n) is 25.5. The second kappa shape index (κ2) is 12.4. The van der Waals surface area contributed by atoms with Crippen molar-refractivity contribution in [1.29, 1.82) is 5.26 Å². The van der Waals surface area contributed by atoms with E-state index in [1.54, 1.807) is 22.4 Å². The summed E-state index contributed by atoms with van der Waals surface area (Å²) < 4.78 is 9.16. The number of pyridine rings is 1. The number of anilines is 1. The number of nitriles is 1. The van der Waals surface area contributed by atoms with Gasteiger partial charge in [0.15, 0.2) is 0 Å². The van der Waals surface area contributed by atoms with Crippen molar-refractivity contribution in [3.05, 3.63) is 58.0 Å². The van der Waals surface area contributed by atoms with E-state index in [9.17, 15) is 10.1 Å². The summed E-state index contributed by atoms with van der Waals surface area (Å²) in [5.41, 5.74) is 5.07. The van der Waals surface area contributed by atoms with Crippen molar-refractivity contribution in [3.63, 3.8) is 0 Å². The Bertz CT molecular complexity index is 1430. The lowest BCUT2D eigenvalue weighted by atomic mass is 9.96. The van der Waals surface area contributed by atoms with Crippen LogP contribution in [0.5, 0.6) is 0 Å². The maximum atomic E-state index is 13.0. The summed E-state index contributed by atoms with van der Waals surface area (Å²) in [5.74, 6) is 0. The van der Waals surface area contributed by atoms with Crippen molar-refractivity contribution in [2.45, 2.75) is 90.9 Å². The fourth-order valence-electron chi connectivity index (χ4n) is 6.83. The molecule has 1 aromatic carbocycles. The van der Waals surface area contributed by atoms with E-state index in [-0.39, 0.29) is 36.4 Å². The van der Waals surface area contributed by atoms with Crippen LogP contribution in [0, 0.1) is 11.3 Å². The first-order valence-corrected chi connectivity index (χ1v) is 15.1. The van der Waals surface area contributed by atoms with Gasteiger partial charge in [-0.1, -0.05) is 38.1 Å². The molecule has 2 aliphatic rings. The van der Waals surface area contributed by atoms with Gasteiger partial charge in [-0.05, 0) is 44.7 Å². The monoisotopic (exact) mass is 559 g/mol. The normalized spacial score (nSPS) is 25.0. The van der Waals surface area contributed by atoms with Crippen molar-refractivity contribution >= 4 is 16.7 Å². The Balaban J connectivity index is 1.36. The van der Waals surface area contributed by atoms with Gasteiger partial charge in [0.1, 0.15) is 12.1 Å². The maximum Gasteiger partial charge on any atom is 0.252 e. The van der Waals surface area contributed by atoms with Crippen molar-refractivity contribution in [1.82, 2.24) is 24.1 Å². The third kappa shape index (κ3) is 6.06. The minimum Gasteiger partial charge on any atom is -0.373 e. The number of fused-ring (bicyclic) bond motifs is 1. The van der Waals surface area contributed by atoms with Crippen LogP contribution in [0.25, 0.3) is 11.0 Å². The molecule has 9 heteroatoms. The summed E-state index contributed by atoms with van der Waals surface area (Å²) in [6.07, 6.45) is 4.34. The molecule has 5 rings (SSSR count). The van der Waals surface area contributed by atoms with Crippen LogP contribution < -0.4 is 10.5 Å². The Morgan fingerprint density at radius 2 is 1.73 bits per heavy atom. The summed E-state index contributed by atoms with van der Waals surface area (Å²) in [6.45, 7) is 15.9. The molecule has 2 aliphatic heterocycles. The molecule has 0 bridgehead atoms. The number of benzene rings is 1. The number of hydrogen-bond donors (Lipinski definition) is 0. The van der Waals surface area contributed by atoms with Gasteiger partial charge in [0, 0.05) is 64.0 Å². The Morgan fingerprint density at radius 1 is 1.05 bits per heavy atom. The zero-order valence-corrected chi connectivity index (χ0v) is 25.5. The molecule has 0 aliphatic carbocycles. The highest BCUT2D eigenvalue weighted by molar-refractivity contribution is 5.88. The van der Waals surface area contributed by atoms with Crippen LogP contribution in [0.2, 0.25) is 0 Å². The molecule has 2 saturated heterocycles. The predicted octanol–water partition coefficient (Wildman–Crippen LogP) is 4.31. The molecule has 220 valence electrons. The van der Waals surface area contributed by atoms with Crippen LogP contribution in [-0.4, -0.2) is 74.6 Å². The molecule has 4 heterocycles. The molecule has 1 unspecified atom stereocenters. The lowest BCUT2D eigenvalue weighted by molar-refractivity contribution is -0.0704. The molecule has 0 spiro atoms. The second-order valence-electron chi connectivity index (χ2n) is 12.0. The minimum absolute atomic E-state index is 0.0520. The van der Waals surface area contributed by atoms with Gasteiger partial charge in [-0.15, -0.1) is 0 Å². The SMILES string of the molecule is CC[C@H]1CN(C(C)c2ccc(CN3C[C@@H](C)O[C@@H](C)C3)cc2)[C@H](CC)CN1c1cc(=O)n(C)c2cn(CC#N)nc12. The fraction of sp³-hybridized carbons (Fsp3) is 0.594. The number of ether oxygens (including phenoxy) is 1. The van der Waals surface area contributed by atoms with Gasteiger partial charge in [-0.2, -0.15) is 10.4 Å². The summed E-state index contributed by atoms with van der Waals surface area (Å²) in [5, 5.41) is 13.9. The minimum atomic E-state index is -0.0520. The summed E-state index contributed by atoms with van der Waals surface area (Å²) >= 11 is 0. The van der Waals surface area contributed by atoms with E-state index < -0.39 is 0 Å². The van der Waals surface area contributed by atoms with Gasteiger partial charge < -0.3 is 14.2 Å². The molecule has 0 amide bonds. The number of aryl methyl sites for hydroxylation is 1. The lowest BCUT2D eigenvalue weighted by Gasteiger charge is -2.49. The van der Waals surface area contributed by atoms with Crippen LogP contribution in [0.3, 0.4) is 0 Å². The Labute approximate surface area is 243 Å².